The largest absolute Gasteiger partial charge is 0.395 e. The topological polar surface area (TPSA) is 71.2 Å². The first-order valence-electron chi connectivity index (χ1n) is 6.04. The molecule has 6 nitrogen and oxygen atoms in total. The fraction of sp³-hybridized carbons (Fsp3) is 0.727. The molecule has 1 aromatic rings. The second-order valence-corrected chi connectivity index (χ2v) is 4.34. The van der Waals surface area contributed by atoms with Crippen molar-refractivity contribution in [3.63, 3.8) is 0 Å². The number of nitrogens with zero attached hydrogens (tertiary/aromatic N) is 4. The highest BCUT2D eigenvalue weighted by Gasteiger charge is 2.26. The predicted octanol–water partition coefficient (Wildman–Crippen LogP) is 0.0416. The van der Waals surface area contributed by atoms with Gasteiger partial charge in [-0.15, -0.1) is 0 Å². The Bertz CT molecular complexity index is 346. The van der Waals surface area contributed by atoms with Crippen LogP contribution in [0.4, 0.5) is 0 Å². The molecule has 1 heterocycles. The van der Waals surface area contributed by atoms with Gasteiger partial charge in [-0.25, -0.2) is 9.67 Å². The van der Waals surface area contributed by atoms with E-state index >= 15 is 0 Å². The molecule has 1 aliphatic carbocycles. The fourth-order valence-corrected chi connectivity index (χ4v) is 2.38. The van der Waals surface area contributed by atoms with Crippen molar-refractivity contribution in [2.75, 3.05) is 13.2 Å². The summed E-state index contributed by atoms with van der Waals surface area (Å²) >= 11 is 0. The van der Waals surface area contributed by atoms with Gasteiger partial charge in [0.25, 0.3) is 0 Å². The van der Waals surface area contributed by atoms with E-state index in [0.29, 0.717) is 6.54 Å². The van der Waals surface area contributed by atoms with E-state index in [1.807, 2.05) is 0 Å². The molecule has 0 bridgehead atoms. The van der Waals surface area contributed by atoms with Crippen molar-refractivity contribution in [1.82, 2.24) is 19.7 Å². The maximum absolute atomic E-state index is 12.1. The smallest absolute Gasteiger partial charge is 0.244 e. The zero-order valence-electron chi connectivity index (χ0n) is 9.83. The Labute approximate surface area is 100 Å². The molecule has 1 aromatic heterocycles. The highest BCUT2D eigenvalue weighted by atomic mass is 16.3. The van der Waals surface area contributed by atoms with E-state index in [0.717, 1.165) is 12.8 Å². The van der Waals surface area contributed by atoms with Crippen molar-refractivity contribution in [2.45, 2.75) is 38.3 Å². The third-order valence-electron chi connectivity index (χ3n) is 3.19. The number of aliphatic hydroxyl groups is 1. The van der Waals surface area contributed by atoms with Gasteiger partial charge < -0.3 is 10.0 Å². The van der Waals surface area contributed by atoms with Gasteiger partial charge >= 0.3 is 0 Å². The molecule has 2 rings (SSSR count). The van der Waals surface area contributed by atoms with Crippen LogP contribution in [0.1, 0.15) is 25.7 Å². The molecular formula is C11H18N4O2. The Balaban J connectivity index is 1.97. The van der Waals surface area contributed by atoms with Crippen molar-refractivity contribution in [3.8, 4) is 0 Å². The molecular weight excluding hydrogens is 220 g/mol. The maximum atomic E-state index is 12.1. The summed E-state index contributed by atoms with van der Waals surface area (Å²) in [4.78, 5) is 17.7. The normalized spacial score (nSPS) is 16.3. The molecule has 0 radical (unpaired) electrons. The molecule has 1 amide bonds. The molecule has 1 fully saturated rings. The Morgan fingerprint density at radius 1 is 1.47 bits per heavy atom. The Hall–Kier alpha value is -1.43. The molecule has 0 saturated heterocycles. The molecule has 1 aliphatic rings. The summed E-state index contributed by atoms with van der Waals surface area (Å²) in [5.41, 5.74) is 0. The van der Waals surface area contributed by atoms with Crippen molar-refractivity contribution in [3.05, 3.63) is 12.7 Å². The molecule has 0 unspecified atom stereocenters. The molecule has 1 saturated carbocycles. The molecule has 0 spiro atoms. The standard InChI is InChI=1S/C11H18N4O2/c16-6-5-15(10-3-1-2-4-10)11(17)7-14-9-12-8-13-14/h8-10,16H,1-7H2. The van der Waals surface area contributed by atoms with Crippen molar-refractivity contribution in [2.24, 2.45) is 0 Å². The Kier molecular flexibility index (Phi) is 4.08. The number of aromatic nitrogens is 3. The van der Waals surface area contributed by atoms with Crippen LogP contribution in [0.25, 0.3) is 0 Å². The van der Waals surface area contributed by atoms with Gasteiger partial charge in [-0.1, -0.05) is 12.8 Å². The van der Waals surface area contributed by atoms with Crippen LogP contribution >= 0.6 is 0 Å². The maximum Gasteiger partial charge on any atom is 0.244 e. The van der Waals surface area contributed by atoms with Crippen LogP contribution in [0.5, 0.6) is 0 Å². The van der Waals surface area contributed by atoms with E-state index in [1.54, 1.807) is 4.90 Å². The van der Waals surface area contributed by atoms with Crippen LogP contribution in [0.2, 0.25) is 0 Å². The average molecular weight is 238 g/mol. The summed E-state index contributed by atoms with van der Waals surface area (Å²) in [5, 5.41) is 13.0. The van der Waals surface area contributed by atoms with Gasteiger partial charge in [0, 0.05) is 12.6 Å². The van der Waals surface area contributed by atoms with Crippen molar-refractivity contribution in [1.29, 1.82) is 0 Å². The monoisotopic (exact) mass is 238 g/mol. The minimum absolute atomic E-state index is 0.0106. The van der Waals surface area contributed by atoms with Gasteiger partial charge in [-0.3, -0.25) is 4.79 Å². The summed E-state index contributed by atoms with van der Waals surface area (Å²) in [6.07, 6.45) is 7.38. The first kappa shape index (κ1) is 12.0. The van der Waals surface area contributed by atoms with Crippen LogP contribution in [0.15, 0.2) is 12.7 Å². The predicted molar refractivity (Wildman–Crippen MR) is 61.1 cm³/mol. The molecule has 0 aromatic carbocycles. The highest BCUT2D eigenvalue weighted by molar-refractivity contribution is 5.76. The number of amides is 1. The lowest BCUT2D eigenvalue weighted by molar-refractivity contribution is -0.134. The zero-order chi connectivity index (χ0) is 12.1. The third-order valence-corrected chi connectivity index (χ3v) is 3.19. The number of hydrogen-bond acceptors (Lipinski definition) is 4. The van der Waals surface area contributed by atoms with E-state index in [-0.39, 0.29) is 25.1 Å². The summed E-state index contributed by atoms with van der Waals surface area (Å²) < 4.78 is 1.52. The van der Waals surface area contributed by atoms with Crippen molar-refractivity contribution >= 4 is 5.91 Å². The van der Waals surface area contributed by atoms with Gasteiger partial charge in [0.05, 0.1) is 6.61 Å². The second-order valence-electron chi connectivity index (χ2n) is 4.34. The van der Waals surface area contributed by atoms with E-state index in [1.165, 1.54) is 30.2 Å². The molecule has 6 heteroatoms. The van der Waals surface area contributed by atoms with Crippen LogP contribution in [0, 0.1) is 0 Å². The summed E-state index contributed by atoms with van der Waals surface area (Å²) in [7, 11) is 0. The van der Waals surface area contributed by atoms with Crippen molar-refractivity contribution < 1.29 is 9.90 Å². The van der Waals surface area contributed by atoms with Gasteiger partial charge in [-0.2, -0.15) is 5.10 Å². The minimum atomic E-state index is 0.0106. The SMILES string of the molecule is O=C(Cn1cncn1)N(CCO)C1CCCC1. The molecule has 0 aliphatic heterocycles. The summed E-state index contributed by atoms with van der Waals surface area (Å²) in [6, 6.07) is 0.290. The van der Waals surface area contributed by atoms with Gasteiger partial charge in [-0.05, 0) is 12.8 Å². The lowest BCUT2D eigenvalue weighted by Gasteiger charge is -2.28. The molecule has 0 atom stereocenters. The van der Waals surface area contributed by atoms with E-state index < -0.39 is 0 Å². The number of rotatable bonds is 5. The number of carbonyl (C=O) groups is 1. The average Bonchev–Trinajstić information content (AvgIpc) is 2.97. The molecule has 17 heavy (non-hydrogen) atoms. The van der Waals surface area contributed by atoms with Gasteiger partial charge in [0.2, 0.25) is 5.91 Å². The summed E-state index contributed by atoms with van der Waals surface area (Å²) in [5.74, 6) is 0.0106. The Morgan fingerprint density at radius 3 is 2.82 bits per heavy atom. The first-order valence-corrected chi connectivity index (χ1v) is 6.04. The van der Waals surface area contributed by atoms with Crippen LogP contribution in [-0.2, 0) is 11.3 Å². The Morgan fingerprint density at radius 2 is 2.24 bits per heavy atom. The number of carbonyl (C=O) groups excluding carboxylic acids is 1. The van der Waals surface area contributed by atoms with Crippen LogP contribution in [0.3, 0.4) is 0 Å². The fourth-order valence-electron chi connectivity index (χ4n) is 2.38. The lowest BCUT2D eigenvalue weighted by Crippen LogP contribution is -2.42. The van der Waals surface area contributed by atoms with E-state index in [4.69, 9.17) is 5.11 Å². The van der Waals surface area contributed by atoms with Gasteiger partial charge in [0.15, 0.2) is 0 Å². The van der Waals surface area contributed by atoms with Gasteiger partial charge in [0.1, 0.15) is 19.2 Å². The highest BCUT2D eigenvalue weighted by Crippen LogP contribution is 2.23. The van der Waals surface area contributed by atoms with E-state index in [9.17, 15) is 4.79 Å². The zero-order valence-corrected chi connectivity index (χ0v) is 9.83. The van der Waals surface area contributed by atoms with Crippen LogP contribution in [-0.4, -0.2) is 49.9 Å². The lowest BCUT2D eigenvalue weighted by atomic mass is 10.2. The van der Waals surface area contributed by atoms with E-state index in [2.05, 4.69) is 10.1 Å². The quantitative estimate of drug-likeness (QED) is 0.786. The summed E-state index contributed by atoms with van der Waals surface area (Å²) in [6.45, 7) is 0.633. The third kappa shape index (κ3) is 3.03. The number of aliphatic hydroxyl groups excluding tert-OH is 1. The first-order chi connectivity index (χ1) is 8.31. The molecule has 1 N–H and O–H groups in total. The number of hydrogen-bond donors (Lipinski definition) is 1. The second kappa shape index (κ2) is 5.77. The molecule has 94 valence electrons. The van der Waals surface area contributed by atoms with Crippen LogP contribution < -0.4 is 0 Å². The minimum Gasteiger partial charge on any atom is -0.395 e.